The molecule has 3 aromatic rings. The van der Waals surface area contributed by atoms with Gasteiger partial charge in [-0.15, -0.1) is 0 Å². The van der Waals surface area contributed by atoms with Crippen molar-refractivity contribution in [2.45, 2.75) is 13.8 Å². The summed E-state index contributed by atoms with van der Waals surface area (Å²) in [6.07, 6.45) is 1.67. The molecule has 0 atom stereocenters. The topological polar surface area (TPSA) is 65.5 Å². The lowest BCUT2D eigenvalue weighted by Gasteiger charge is -2.33. The maximum Gasteiger partial charge on any atom is 0.256 e. The molecule has 1 saturated heterocycles. The van der Waals surface area contributed by atoms with E-state index in [-0.39, 0.29) is 11.7 Å². The van der Waals surface area contributed by atoms with E-state index in [9.17, 15) is 9.59 Å². The van der Waals surface area contributed by atoms with Crippen molar-refractivity contribution in [2.24, 2.45) is 0 Å². The number of hydrogen-bond acceptors (Lipinski definition) is 5. The Labute approximate surface area is 188 Å². The highest BCUT2D eigenvalue weighted by Gasteiger charge is 2.20. The number of aromatic nitrogens is 1. The Morgan fingerprint density at radius 1 is 0.875 bits per heavy atom. The van der Waals surface area contributed by atoms with E-state index in [0.717, 1.165) is 43.1 Å². The quantitative estimate of drug-likeness (QED) is 0.624. The van der Waals surface area contributed by atoms with E-state index in [1.165, 1.54) is 0 Å². The number of piperazine rings is 1. The van der Waals surface area contributed by atoms with Gasteiger partial charge in [-0.2, -0.15) is 0 Å². The lowest BCUT2D eigenvalue weighted by Crippen LogP contribution is -2.44. The van der Waals surface area contributed by atoms with Crippen molar-refractivity contribution in [3.63, 3.8) is 0 Å². The molecule has 1 aliphatic heterocycles. The zero-order valence-electron chi connectivity index (χ0n) is 18.8. The molecule has 1 aromatic heterocycles. The van der Waals surface area contributed by atoms with Gasteiger partial charge in [0.15, 0.2) is 5.78 Å². The van der Waals surface area contributed by atoms with Crippen molar-refractivity contribution in [1.82, 2.24) is 9.88 Å². The van der Waals surface area contributed by atoms with Gasteiger partial charge in [0.1, 0.15) is 5.82 Å². The van der Waals surface area contributed by atoms with Crippen LogP contribution in [0.25, 0.3) is 0 Å². The van der Waals surface area contributed by atoms with Crippen LogP contribution in [-0.4, -0.2) is 54.8 Å². The van der Waals surface area contributed by atoms with Gasteiger partial charge in [0, 0.05) is 37.3 Å². The summed E-state index contributed by atoms with van der Waals surface area (Å²) in [6.45, 7) is 7.74. The molecule has 4 rings (SSSR count). The first-order valence-corrected chi connectivity index (χ1v) is 10.8. The Hall–Kier alpha value is -3.51. The van der Waals surface area contributed by atoms with Gasteiger partial charge >= 0.3 is 0 Å². The SMILES string of the molecule is Cc1ccc(C)c(C(=O)c2ccccc2C(=O)Nc2ccc(N3CCN(C)CC3)nc2)c1. The number of nitrogens with one attached hydrogen (secondary N) is 1. The zero-order valence-corrected chi connectivity index (χ0v) is 18.8. The molecule has 1 aliphatic rings. The van der Waals surface area contributed by atoms with E-state index < -0.39 is 0 Å². The van der Waals surface area contributed by atoms with Crippen LogP contribution in [0.4, 0.5) is 11.5 Å². The van der Waals surface area contributed by atoms with Gasteiger partial charge < -0.3 is 15.1 Å². The summed E-state index contributed by atoms with van der Waals surface area (Å²) >= 11 is 0. The predicted molar refractivity (Wildman–Crippen MR) is 128 cm³/mol. The third-order valence-corrected chi connectivity index (χ3v) is 5.89. The second-order valence-corrected chi connectivity index (χ2v) is 8.34. The van der Waals surface area contributed by atoms with Crippen molar-refractivity contribution in [1.29, 1.82) is 0 Å². The van der Waals surface area contributed by atoms with Crippen molar-refractivity contribution in [2.75, 3.05) is 43.4 Å². The van der Waals surface area contributed by atoms with Gasteiger partial charge in [-0.05, 0) is 50.7 Å². The molecular weight excluding hydrogens is 400 g/mol. The summed E-state index contributed by atoms with van der Waals surface area (Å²) in [6, 6.07) is 16.5. The Balaban J connectivity index is 1.52. The minimum absolute atomic E-state index is 0.152. The highest BCUT2D eigenvalue weighted by molar-refractivity contribution is 6.18. The van der Waals surface area contributed by atoms with Gasteiger partial charge in [0.2, 0.25) is 0 Å². The number of amides is 1. The number of rotatable bonds is 5. The van der Waals surface area contributed by atoms with Crippen LogP contribution in [0.2, 0.25) is 0 Å². The summed E-state index contributed by atoms with van der Waals surface area (Å²) in [7, 11) is 2.12. The predicted octanol–water partition coefficient (Wildman–Crippen LogP) is 3.93. The van der Waals surface area contributed by atoms with Crippen LogP contribution < -0.4 is 10.2 Å². The highest BCUT2D eigenvalue weighted by Crippen LogP contribution is 2.21. The minimum Gasteiger partial charge on any atom is -0.354 e. The van der Waals surface area contributed by atoms with Crippen molar-refractivity contribution in [3.8, 4) is 0 Å². The molecule has 0 spiro atoms. The van der Waals surface area contributed by atoms with E-state index in [1.807, 2.05) is 44.2 Å². The molecule has 1 fully saturated rings. The fraction of sp³-hybridized carbons (Fsp3) is 0.269. The maximum absolute atomic E-state index is 13.2. The number of hydrogen-bond donors (Lipinski definition) is 1. The molecule has 1 N–H and O–H groups in total. The number of likely N-dealkylation sites (N-methyl/N-ethyl adjacent to an activating group) is 1. The molecule has 2 aromatic carbocycles. The van der Waals surface area contributed by atoms with Crippen molar-refractivity contribution >= 4 is 23.2 Å². The largest absolute Gasteiger partial charge is 0.354 e. The lowest BCUT2D eigenvalue weighted by molar-refractivity contribution is 0.0996. The molecule has 0 aliphatic carbocycles. The highest BCUT2D eigenvalue weighted by atomic mass is 16.2. The lowest BCUT2D eigenvalue weighted by atomic mass is 9.94. The average molecular weight is 429 g/mol. The molecule has 1 amide bonds. The smallest absolute Gasteiger partial charge is 0.256 e. The third-order valence-electron chi connectivity index (χ3n) is 5.89. The van der Waals surface area contributed by atoms with Crippen LogP contribution in [0.5, 0.6) is 0 Å². The van der Waals surface area contributed by atoms with Crippen LogP contribution >= 0.6 is 0 Å². The third kappa shape index (κ3) is 4.70. The molecule has 0 radical (unpaired) electrons. The van der Waals surface area contributed by atoms with Gasteiger partial charge in [-0.1, -0.05) is 35.9 Å². The maximum atomic E-state index is 13.2. The van der Waals surface area contributed by atoms with E-state index >= 15 is 0 Å². The zero-order chi connectivity index (χ0) is 22.7. The summed E-state index contributed by atoms with van der Waals surface area (Å²) < 4.78 is 0. The Morgan fingerprint density at radius 2 is 1.59 bits per heavy atom. The molecular formula is C26H28N4O2. The normalized spacial score (nSPS) is 14.3. The number of pyridine rings is 1. The fourth-order valence-corrected chi connectivity index (χ4v) is 3.89. The standard InChI is InChI=1S/C26H28N4O2/c1-18-8-9-19(2)23(16-18)25(31)21-6-4-5-7-22(21)26(32)28-20-10-11-24(27-17-20)30-14-12-29(3)13-15-30/h4-11,16-17H,12-15H2,1-3H3,(H,28,32). The Morgan fingerprint density at radius 3 is 2.28 bits per heavy atom. The van der Waals surface area contributed by atoms with Crippen LogP contribution in [-0.2, 0) is 0 Å². The molecule has 164 valence electrons. The Kier molecular flexibility index (Phi) is 6.32. The van der Waals surface area contributed by atoms with Gasteiger partial charge in [-0.25, -0.2) is 4.98 Å². The number of anilines is 2. The molecule has 32 heavy (non-hydrogen) atoms. The van der Waals surface area contributed by atoms with Gasteiger partial charge in [0.25, 0.3) is 5.91 Å². The van der Waals surface area contributed by atoms with Gasteiger partial charge in [0.05, 0.1) is 17.4 Å². The number of nitrogens with zero attached hydrogens (tertiary/aromatic N) is 3. The second kappa shape index (κ2) is 9.32. The first kappa shape index (κ1) is 21.7. The summed E-state index contributed by atoms with van der Waals surface area (Å²) in [4.78, 5) is 35.3. The van der Waals surface area contributed by atoms with E-state index in [0.29, 0.717) is 22.4 Å². The Bertz CT molecular complexity index is 1130. The molecule has 2 heterocycles. The summed E-state index contributed by atoms with van der Waals surface area (Å²) in [5.74, 6) is 0.426. The molecule has 0 bridgehead atoms. The summed E-state index contributed by atoms with van der Waals surface area (Å²) in [5, 5.41) is 2.89. The van der Waals surface area contributed by atoms with Gasteiger partial charge in [-0.3, -0.25) is 9.59 Å². The fourth-order valence-electron chi connectivity index (χ4n) is 3.89. The van der Waals surface area contributed by atoms with E-state index in [1.54, 1.807) is 30.5 Å². The van der Waals surface area contributed by atoms with E-state index in [4.69, 9.17) is 0 Å². The number of aryl methyl sites for hydroxylation is 2. The van der Waals surface area contributed by atoms with Crippen molar-refractivity contribution < 1.29 is 9.59 Å². The second-order valence-electron chi connectivity index (χ2n) is 8.34. The van der Waals surface area contributed by atoms with E-state index in [2.05, 4.69) is 27.1 Å². The number of benzene rings is 2. The van der Waals surface area contributed by atoms with Crippen LogP contribution in [0.15, 0.2) is 60.8 Å². The molecule has 0 saturated carbocycles. The molecule has 0 unspecified atom stereocenters. The monoisotopic (exact) mass is 428 g/mol. The first-order valence-electron chi connectivity index (χ1n) is 10.8. The van der Waals surface area contributed by atoms with Crippen molar-refractivity contribution in [3.05, 3.63) is 88.6 Å². The molecule has 6 heteroatoms. The van der Waals surface area contributed by atoms with Crippen LogP contribution in [0.1, 0.15) is 37.4 Å². The minimum atomic E-state index is -0.326. The number of carbonyl (C=O) groups is 2. The van der Waals surface area contributed by atoms with Crippen LogP contribution in [0, 0.1) is 13.8 Å². The van der Waals surface area contributed by atoms with Crippen LogP contribution in [0.3, 0.4) is 0 Å². The first-order chi connectivity index (χ1) is 15.4. The summed E-state index contributed by atoms with van der Waals surface area (Å²) in [5.41, 5.74) is 3.85. The molecule has 6 nitrogen and oxygen atoms in total. The number of carbonyl (C=O) groups excluding carboxylic acids is 2. The average Bonchev–Trinajstić information content (AvgIpc) is 2.81. The number of ketones is 1.